The zero-order valence-electron chi connectivity index (χ0n) is 9.77. The molecule has 0 fully saturated rings. The number of ketones is 1. The van der Waals surface area contributed by atoms with Crippen LogP contribution in [0.1, 0.15) is 10.4 Å². The molecule has 0 aliphatic heterocycles. The smallest absolute Gasteiger partial charge is 0.422 e. The van der Waals surface area contributed by atoms with Crippen LogP contribution in [0.5, 0.6) is 0 Å². The molecule has 0 saturated carbocycles. The first kappa shape index (κ1) is 16.8. The van der Waals surface area contributed by atoms with Gasteiger partial charge in [0.1, 0.15) is 0 Å². The summed E-state index contributed by atoms with van der Waals surface area (Å²) in [6, 6.07) is -0.0103. The van der Waals surface area contributed by atoms with Crippen LogP contribution in [-0.4, -0.2) is 23.7 Å². The van der Waals surface area contributed by atoms with Gasteiger partial charge in [-0.25, -0.2) is 17.6 Å². The van der Waals surface area contributed by atoms with Gasteiger partial charge in [0.2, 0.25) is 0 Å². The van der Waals surface area contributed by atoms with Crippen LogP contribution < -0.4 is 0 Å². The fourth-order valence-electron chi connectivity index (χ4n) is 1.14. The van der Waals surface area contributed by atoms with Crippen LogP contribution >= 0.6 is 0 Å². The lowest BCUT2D eigenvalue weighted by Gasteiger charge is -2.07. The van der Waals surface area contributed by atoms with E-state index in [4.69, 9.17) is 5.11 Å². The molecule has 0 unspecified atom stereocenters. The molecule has 10 heteroatoms. The number of carbonyl (C=O) groups excluding carboxylic acids is 1. The highest BCUT2D eigenvalue weighted by Crippen LogP contribution is 2.20. The fourth-order valence-corrected chi connectivity index (χ4v) is 1.14. The second-order valence-corrected chi connectivity index (χ2v) is 3.60. The fraction of sp³-hybridized carbons (Fsp3) is 0.182. The summed E-state index contributed by atoms with van der Waals surface area (Å²) < 4.78 is 90.4. The highest BCUT2D eigenvalue weighted by atomic mass is 19.4. The van der Waals surface area contributed by atoms with Gasteiger partial charge in [-0.3, -0.25) is 4.79 Å². The molecule has 116 valence electrons. The molecule has 1 N–H and O–H groups in total. The molecule has 0 heterocycles. The molecule has 21 heavy (non-hydrogen) atoms. The summed E-state index contributed by atoms with van der Waals surface area (Å²) in [6.45, 7) is -1.95. The van der Waals surface area contributed by atoms with E-state index in [-0.39, 0.29) is 12.1 Å². The van der Waals surface area contributed by atoms with Gasteiger partial charge in [0.15, 0.2) is 35.7 Å². The van der Waals surface area contributed by atoms with Crippen LogP contribution in [0.2, 0.25) is 0 Å². The SMILES string of the molecule is O=C(/C=C(\O)OCC(F)(F)F)c1cc(F)c(F)c(F)c1F. The molecule has 3 nitrogen and oxygen atoms in total. The summed E-state index contributed by atoms with van der Waals surface area (Å²) in [5, 5.41) is 8.86. The summed E-state index contributed by atoms with van der Waals surface area (Å²) in [5.41, 5.74) is -1.33. The average Bonchev–Trinajstić information content (AvgIpc) is 2.37. The number of aliphatic hydroxyl groups is 1. The number of halogens is 7. The van der Waals surface area contributed by atoms with E-state index in [0.717, 1.165) is 0 Å². The van der Waals surface area contributed by atoms with Gasteiger partial charge in [-0.2, -0.15) is 13.2 Å². The quantitative estimate of drug-likeness (QED) is 0.231. The van der Waals surface area contributed by atoms with Crippen LogP contribution in [-0.2, 0) is 4.74 Å². The van der Waals surface area contributed by atoms with Crippen molar-refractivity contribution in [2.24, 2.45) is 0 Å². The number of hydrogen-bond acceptors (Lipinski definition) is 3. The summed E-state index contributed by atoms with van der Waals surface area (Å²) in [4.78, 5) is 11.3. The minimum atomic E-state index is -4.82. The molecule has 1 aromatic carbocycles. The third-order valence-corrected chi connectivity index (χ3v) is 2.01. The van der Waals surface area contributed by atoms with Crippen molar-refractivity contribution >= 4 is 5.78 Å². The third kappa shape index (κ3) is 4.36. The van der Waals surface area contributed by atoms with E-state index in [1.165, 1.54) is 0 Å². The van der Waals surface area contributed by atoms with Gasteiger partial charge < -0.3 is 9.84 Å². The number of allylic oxidation sites excluding steroid dienone is 1. The van der Waals surface area contributed by atoms with Gasteiger partial charge in [0, 0.05) is 0 Å². The monoisotopic (exact) mass is 318 g/mol. The Morgan fingerprint density at radius 2 is 1.71 bits per heavy atom. The summed E-state index contributed by atoms with van der Waals surface area (Å²) in [7, 11) is 0. The molecule has 1 rings (SSSR count). The Labute approximate surface area is 112 Å². The summed E-state index contributed by atoms with van der Waals surface area (Å²) >= 11 is 0. The van der Waals surface area contributed by atoms with E-state index in [1.807, 2.05) is 0 Å². The van der Waals surface area contributed by atoms with Crippen molar-refractivity contribution in [3.63, 3.8) is 0 Å². The maximum Gasteiger partial charge on any atom is 0.422 e. The number of rotatable bonds is 4. The van der Waals surface area contributed by atoms with E-state index >= 15 is 0 Å². The second-order valence-electron chi connectivity index (χ2n) is 3.60. The van der Waals surface area contributed by atoms with Gasteiger partial charge in [0.25, 0.3) is 5.95 Å². The lowest BCUT2D eigenvalue weighted by atomic mass is 10.1. The Hall–Kier alpha value is -2.26. The van der Waals surface area contributed by atoms with Crippen molar-refractivity contribution in [1.29, 1.82) is 0 Å². The Kier molecular flexibility index (Phi) is 4.81. The number of benzene rings is 1. The molecule has 0 aliphatic rings. The van der Waals surface area contributed by atoms with Gasteiger partial charge >= 0.3 is 6.18 Å². The van der Waals surface area contributed by atoms with Crippen LogP contribution in [0.3, 0.4) is 0 Å². The maximum absolute atomic E-state index is 13.2. The first-order valence-corrected chi connectivity index (χ1v) is 5.00. The third-order valence-electron chi connectivity index (χ3n) is 2.01. The summed E-state index contributed by atoms with van der Waals surface area (Å²) in [6.07, 6.45) is -4.86. The first-order valence-electron chi connectivity index (χ1n) is 5.00. The molecule has 1 aromatic rings. The number of aliphatic hydroxyl groups excluding tert-OH is 1. The van der Waals surface area contributed by atoms with Crippen molar-refractivity contribution in [2.75, 3.05) is 6.61 Å². The molecule has 0 saturated heterocycles. The number of carbonyl (C=O) groups is 1. The van der Waals surface area contributed by atoms with E-state index in [9.17, 15) is 35.5 Å². The van der Waals surface area contributed by atoms with Crippen LogP contribution in [0.25, 0.3) is 0 Å². The van der Waals surface area contributed by atoms with Crippen molar-refractivity contribution < 1.29 is 45.4 Å². The molecular formula is C11H5F7O3. The van der Waals surface area contributed by atoms with Gasteiger partial charge in [0.05, 0.1) is 11.6 Å². The van der Waals surface area contributed by atoms with Crippen molar-refractivity contribution in [3.8, 4) is 0 Å². The number of hydrogen-bond donors (Lipinski definition) is 1. The maximum atomic E-state index is 13.2. The Balaban J connectivity index is 3.00. The highest BCUT2D eigenvalue weighted by molar-refractivity contribution is 6.04. The van der Waals surface area contributed by atoms with Crippen molar-refractivity contribution in [2.45, 2.75) is 6.18 Å². The molecule has 0 aliphatic carbocycles. The second kappa shape index (κ2) is 6.02. The minimum absolute atomic E-state index is 0.0103. The Morgan fingerprint density at radius 1 is 1.14 bits per heavy atom. The van der Waals surface area contributed by atoms with Crippen LogP contribution in [0.4, 0.5) is 30.7 Å². The lowest BCUT2D eigenvalue weighted by molar-refractivity contribution is -0.173. The largest absolute Gasteiger partial charge is 0.481 e. The molecule has 0 amide bonds. The molecule has 0 radical (unpaired) electrons. The van der Waals surface area contributed by atoms with Crippen LogP contribution in [0, 0.1) is 23.3 Å². The van der Waals surface area contributed by atoms with Gasteiger partial charge in [-0.1, -0.05) is 0 Å². The number of ether oxygens (including phenoxy) is 1. The van der Waals surface area contributed by atoms with E-state index in [0.29, 0.717) is 0 Å². The Morgan fingerprint density at radius 3 is 2.24 bits per heavy atom. The average molecular weight is 318 g/mol. The predicted octanol–water partition coefficient (Wildman–Crippen LogP) is 3.40. The standard InChI is InChI=1S/C11H5F7O3/c12-5-1-4(8(13)10(15)9(5)14)6(19)2-7(20)21-3-11(16,17)18/h1-2,20H,3H2/b7-2+. The minimum Gasteiger partial charge on any atom is -0.481 e. The molecule has 0 aromatic heterocycles. The Bertz CT molecular complexity index is 592. The molecule has 0 spiro atoms. The topological polar surface area (TPSA) is 46.5 Å². The van der Waals surface area contributed by atoms with Gasteiger partial charge in [-0.15, -0.1) is 0 Å². The van der Waals surface area contributed by atoms with Crippen molar-refractivity contribution in [3.05, 3.63) is 46.9 Å². The predicted molar refractivity (Wildman–Crippen MR) is 53.3 cm³/mol. The normalized spacial score (nSPS) is 12.4. The molecular weight excluding hydrogens is 313 g/mol. The molecule has 0 bridgehead atoms. The zero-order valence-corrected chi connectivity index (χ0v) is 9.77. The molecule has 0 atom stereocenters. The first-order chi connectivity index (χ1) is 9.53. The van der Waals surface area contributed by atoms with Gasteiger partial charge in [-0.05, 0) is 6.07 Å². The zero-order chi connectivity index (χ0) is 16.4. The summed E-state index contributed by atoms with van der Waals surface area (Å²) in [5.74, 6) is -11.6. The number of alkyl halides is 3. The van der Waals surface area contributed by atoms with Crippen molar-refractivity contribution in [1.82, 2.24) is 0 Å². The van der Waals surface area contributed by atoms with E-state index in [2.05, 4.69) is 4.74 Å². The van der Waals surface area contributed by atoms with Crippen LogP contribution in [0.15, 0.2) is 18.1 Å². The highest BCUT2D eigenvalue weighted by Gasteiger charge is 2.29. The van der Waals surface area contributed by atoms with E-state index < -0.39 is 53.3 Å². The van der Waals surface area contributed by atoms with E-state index in [1.54, 1.807) is 0 Å². The lowest BCUT2D eigenvalue weighted by Crippen LogP contribution is -2.17.